The first-order valence-corrected chi connectivity index (χ1v) is 3.37. The molecule has 0 aliphatic heterocycles. The number of rotatable bonds is 2. The Labute approximate surface area is 76.6 Å². The van der Waals surface area contributed by atoms with Crippen LogP contribution >= 0.6 is 0 Å². The van der Waals surface area contributed by atoms with Crippen molar-refractivity contribution >= 4 is 11.9 Å². The van der Waals surface area contributed by atoms with E-state index < -0.39 is 0 Å². The quantitative estimate of drug-likeness (QED) is 0.566. The summed E-state index contributed by atoms with van der Waals surface area (Å²) in [6.45, 7) is 0. The first-order valence-electron chi connectivity index (χ1n) is 3.37. The molecule has 0 aromatic carbocycles. The van der Waals surface area contributed by atoms with Crippen molar-refractivity contribution < 1.29 is 0 Å². The summed E-state index contributed by atoms with van der Waals surface area (Å²) in [5.41, 5.74) is 0. The summed E-state index contributed by atoms with van der Waals surface area (Å²) in [4.78, 5) is 0. The average Bonchev–Trinajstić information content (AvgIpc) is 2.29. The van der Waals surface area contributed by atoms with Gasteiger partial charge in [0.15, 0.2) is 12.7 Å². The third-order valence-corrected chi connectivity index (χ3v) is 1.02. The second-order valence-electron chi connectivity index (χ2n) is 1.89. The molecule has 0 spiro atoms. The maximum atomic E-state index is 3.55. The van der Waals surface area contributed by atoms with Crippen LogP contribution in [0.2, 0.25) is 0 Å². The predicted octanol–water partition coefficient (Wildman–Crippen LogP) is -0.738. The lowest BCUT2D eigenvalue weighted by Gasteiger charge is -1.85. The molecule has 0 unspecified atom stereocenters. The van der Waals surface area contributed by atoms with Gasteiger partial charge in [-0.15, -0.1) is 51.0 Å². The van der Waals surface area contributed by atoms with E-state index in [1.165, 1.54) is 12.7 Å². The third kappa shape index (κ3) is 2.00. The molecule has 2 heterocycles. The van der Waals surface area contributed by atoms with E-state index in [1.54, 1.807) is 0 Å². The monoisotopic (exact) mass is 190 g/mol. The highest BCUT2D eigenvalue weighted by molar-refractivity contribution is 5.10. The fraction of sp³-hybridized carbons (Fsp3) is 0. The molecule has 2 rings (SSSR count). The van der Waals surface area contributed by atoms with Crippen molar-refractivity contribution in [3.8, 4) is 0 Å². The van der Waals surface area contributed by atoms with Gasteiger partial charge in [0.1, 0.15) is 0 Å². The van der Waals surface area contributed by atoms with E-state index in [2.05, 4.69) is 51.0 Å². The van der Waals surface area contributed by atoms with Crippen molar-refractivity contribution in [2.75, 3.05) is 0 Å². The van der Waals surface area contributed by atoms with Crippen LogP contribution < -0.4 is 0 Å². The van der Waals surface area contributed by atoms with Gasteiger partial charge in [-0.25, -0.2) is 0 Å². The Kier molecular flexibility index (Phi) is 2.27. The normalized spacial score (nSPS) is 10.6. The molecule has 0 saturated heterocycles. The second-order valence-corrected chi connectivity index (χ2v) is 1.89. The van der Waals surface area contributed by atoms with Crippen LogP contribution in [0.3, 0.4) is 0 Å². The Morgan fingerprint density at radius 1 is 0.643 bits per heavy atom. The zero-order valence-corrected chi connectivity index (χ0v) is 6.63. The van der Waals surface area contributed by atoms with Gasteiger partial charge in [-0.1, -0.05) is 0 Å². The minimum absolute atomic E-state index is 0.0138. The summed E-state index contributed by atoms with van der Waals surface area (Å²) < 4.78 is 0. The molecule has 0 amide bonds. The Bertz CT molecular complexity index is 369. The molecule has 0 aliphatic rings. The molecular formula is C4H2N10. The molecule has 0 aliphatic carbocycles. The van der Waals surface area contributed by atoms with Gasteiger partial charge in [0.05, 0.1) is 0 Å². The van der Waals surface area contributed by atoms with Crippen LogP contribution in [0.1, 0.15) is 0 Å². The van der Waals surface area contributed by atoms with E-state index in [4.69, 9.17) is 0 Å². The first-order chi connectivity index (χ1) is 6.95. The Hall–Kier alpha value is -2.52. The highest BCUT2D eigenvalue weighted by Gasteiger charge is 1.94. The first kappa shape index (κ1) is 8.10. The zero-order chi connectivity index (χ0) is 9.64. The van der Waals surface area contributed by atoms with Gasteiger partial charge in [-0.3, -0.25) is 0 Å². The van der Waals surface area contributed by atoms with E-state index in [9.17, 15) is 0 Å². The maximum absolute atomic E-state index is 3.55. The van der Waals surface area contributed by atoms with Crippen molar-refractivity contribution in [3.63, 3.8) is 0 Å². The molecule has 0 atom stereocenters. The molecule has 0 saturated carbocycles. The Balaban J connectivity index is 2.16. The topological polar surface area (TPSA) is 128 Å². The van der Waals surface area contributed by atoms with E-state index in [0.29, 0.717) is 0 Å². The number of aromatic nitrogens is 8. The standard InChI is InChI=1S/C4H2N10/c1-5-9-3(10-6-1)13-14-4-11-7-2-8-12-4/h1-2H. The summed E-state index contributed by atoms with van der Waals surface area (Å²) >= 11 is 0. The van der Waals surface area contributed by atoms with Gasteiger partial charge < -0.3 is 0 Å². The van der Waals surface area contributed by atoms with E-state index in [1.807, 2.05) is 0 Å². The predicted molar refractivity (Wildman–Crippen MR) is 39.4 cm³/mol. The van der Waals surface area contributed by atoms with E-state index >= 15 is 0 Å². The lowest BCUT2D eigenvalue weighted by Crippen LogP contribution is -1.88. The van der Waals surface area contributed by atoms with Crippen LogP contribution in [0.25, 0.3) is 0 Å². The summed E-state index contributed by atoms with van der Waals surface area (Å²) in [5.74, 6) is 0.0277. The van der Waals surface area contributed by atoms with Crippen molar-refractivity contribution in [2.24, 2.45) is 10.2 Å². The molecule has 2 aromatic rings. The molecule has 14 heavy (non-hydrogen) atoms. The second kappa shape index (κ2) is 3.93. The zero-order valence-electron chi connectivity index (χ0n) is 6.63. The molecule has 0 radical (unpaired) electrons. The molecule has 0 N–H and O–H groups in total. The van der Waals surface area contributed by atoms with Gasteiger partial charge in [-0.05, 0) is 0 Å². The van der Waals surface area contributed by atoms with Crippen LogP contribution in [0, 0.1) is 0 Å². The van der Waals surface area contributed by atoms with Crippen LogP contribution in [0.4, 0.5) is 11.9 Å². The van der Waals surface area contributed by atoms with Crippen LogP contribution in [-0.4, -0.2) is 40.8 Å². The van der Waals surface area contributed by atoms with Crippen LogP contribution in [0.5, 0.6) is 0 Å². The fourth-order valence-electron chi connectivity index (χ4n) is 0.565. The summed E-state index contributed by atoms with van der Waals surface area (Å²) in [6.07, 6.45) is 2.36. The summed E-state index contributed by atoms with van der Waals surface area (Å²) in [6, 6.07) is 0. The minimum atomic E-state index is 0.0138. The molecule has 0 fully saturated rings. The lowest BCUT2D eigenvalue weighted by molar-refractivity contribution is 0.813. The lowest BCUT2D eigenvalue weighted by atomic mass is 11.0. The number of hydrogen-bond acceptors (Lipinski definition) is 10. The van der Waals surface area contributed by atoms with Crippen LogP contribution in [-0.2, 0) is 0 Å². The molecule has 0 bridgehead atoms. The van der Waals surface area contributed by atoms with Crippen molar-refractivity contribution in [1.29, 1.82) is 0 Å². The van der Waals surface area contributed by atoms with Gasteiger partial charge in [-0.2, -0.15) is 0 Å². The van der Waals surface area contributed by atoms with E-state index in [0.717, 1.165) is 0 Å². The van der Waals surface area contributed by atoms with Gasteiger partial charge in [0, 0.05) is 0 Å². The SMILES string of the molecule is c1nnc(N=Nc2nncnn2)nn1. The maximum Gasteiger partial charge on any atom is 0.306 e. The van der Waals surface area contributed by atoms with Gasteiger partial charge in [0.2, 0.25) is 0 Å². The molecular weight excluding hydrogens is 188 g/mol. The molecule has 10 heteroatoms. The highest BCUT2D eigenvalue weighted by Crippen LogP contribution is 2.03. The van der Waals surface area contributed by atoms with Gasteiger partial charge >= 0.3 is 11.9 Å². The third-order valence-electron chi connectivity index (χ3n) is 1.02. The van der Waals surface area contributed by atoms with Crippen molar-refractivity contribution in [1.82, 2.24) is 40.8 Å². The molecule has 2 aromatic heterocycles. The summed E-state index contributed by atoms with van der Waals surface area (Å²) in [5, 5.41) is 34.9. The Morgan fingerprint density at radius 3 is 1.36 bits per heavy atom. The fourth-order valence-corrected chi connectivity index (χ4v) is 0.565. The number of azo groups is 1. The Morgan fingerprint density at radius 2 is 1.00 bits per heavy atom. The summed E-state index contributed by atoms with van der Waals surface area (Å²) in [7, 11) is 0. The number of nitrogens with zero attached hydrogens (tertiary/aromatic N) is 10. The van der Waals surface area contributed by atoms with Crippen molar-refractivity contribution in [3.05, 3.63) is 12.7 Å². The van der Waals surface area contributed by atoms with Crippen LogP contribution in [0.15, 0.2) is 22.9 Å². The van der Waals surface area contributed by atoms with Gasteiger partial charge in [0.25, 0.3) is 0 Å². The molecule has 68 valence electrons. The molecule has 10 nitrogen and oxygen atoms in total. The highest BCUT2D eigenvalue weighted by atomic mass is 15.4. The average molecular weight is 190 g/mol. The number of hydrogen-bond donors (Lipinski definition) is 0. The van der Waals surface area contributed by atoms with E-state index in [-0.39, 0.29) is 11.9 Å². The largest absolute Gasteiger partial charge is 0.306 e. The minimum Gasteiger partial charge on any atom is -0.133 e. The smallest absolute Gasteiger partial charge is 0.133 e. The van der Waals surface area contributed by atoms with Crippen molar-refractivity contribution in [2.45, 2.75) is 0 Å².